The summed E-state index contributed by atoms with van der Waals surface area (Å²) in [6, 6.07) is 14.1. The molecular formula is C22H21ClFN3O. The second kappa shape index (κ2) is 7.76. The van der Waals surface area contributed by atoms with Crippen molar-refractivity contribution in [1.29, 1.82) is 0 Å². The maximum atomic E-state index is 13.5. The Labute approximate surface area is 168 Å². The van der Waals surface area contributed by atoms with Gasteiger partial charge in [0.25, 0.3) is 5.91 Å². The summed E-state index contributed by atoms with van der Waals surface area (Å²) in [5.74, 6) is -0.267. The van der Waals surface area contributed by atoms with E-state index in [0.29, 0.717) is 23.6 Å². The number of likely N-dealkylation sites (tertiary alicyclic amines) is 1. The van der Waals surface area contributed by atoms with Gasteiger partial charge in [-0.3, -0.25) is 4.79 Å². The summed E-state index contributed by atoms with van der Waals surface area (Å²) in [4.78, 5) is 15.1. The van der Waals surface area contributed by atoms with Gasteiger partial charge < -0.3 is 4.90 Å². The minimum Gasteiger partial charge on any atom is -0.335 e. The van der Waals surface area contributed by atoms with Gasteiger partial charge in [0, 0.05) is 17.6 Å². The Hall–Kier alpha value is -2.66. The zero-order chi connectivity index (χ0) is 19.7. The van der Waals surface area contributed by atoms with Crippen LogP contribution in [-0.4, -0.2) is 33.2 Å². The summed E-state index contributed by atoms with van der Waals surface area (Å²) in [5.41, 5.74) is 3.10. The molecule has 3 aromatic rings. The molecule has 1 aliphatic heterocycles. The first kappa shape index (κ1) is 18.7. The van der Waals surface area contributed by atoms with Crippen LogP contribution in [0.5, 0.6) is 0 Å². The molecule has 1 fully saturated rings. The van der Waals surface area contributed by atoms with E-state index in [1.54, 1.807) is 29.1 Å². The predicted octanol–water partition coefficient (Wildman–Crippen LogP) is 4.82. The molecule has 4 nitrogen and oxygen atoms in total. The van der Waals surface area contributed by atoms with Gasteiger partial charge >= 0.3 is 0 Å². The van der Waals surface area contributed by atoms with Crippen molar-refractivity contribution in [2.24, 2.45) is 0 Å². The number of aromatic nitrogens is 2. The lowest BCUT2D eigenvalue weighted by Crippen LogP contribution is -2.37. The van der Waals surface area contributed by atoms with E-state index >= 15 is 0 Å². The summed E-state index contributed by atoms with van der Waals surface area (Å²) < 4.78 is 15.2. The number of carbonyl (C=O) groups excluding carboxylic acids is 1. The van der Waals surface area contributed by atoms with Crippen LogP contribution in [0.3, 0.4) is 0 Å². The lowest BCUT2D eigenvalue weighted by molar-refractivity contribution is 0.0735. The predicted molar refractivity (Wildman–Crippen MR) is 107 cm³/mol. The van der Waals surface area contributed by atoms with Gasteiger partial charge in [0.05, 0.1) is 23.1 Å². The van der Waals surface area contributed by atoms with Crippen molar-refractivity contribution < 1.29 is 9.18 Å². The minimum absolute atomic E-state index is 0.0234. The average molecular weight is 398 g/mol. The van der Waals surface area contributed by atoms with Crippen molar-refractivity contribution in [3.8, 4) is 5.69 Å². The Balaban J connectivity index is 1.57. The van der Waals surface area contributed by atoms with E-state index in [1.165, 1.54) is 6.07 Å². The lowest BCUT2D eigenvalue weighted by atomic mass is 10.0. The fourth-order valence-corrected chi connectivity index (χ4v) is 4.08. The number of carbonyl (C=O) groups is 1. The van der Waals surface area contributed by atoms with Gasteiger partial charge in [0.2, 0.25) is 0 Å². The molecule has 1 amide bonds. The Morgan fingerprint density at radius 2 is 2.07 bits per heavy atom. The van der Waals surface area contributed by atoms with Gasteiger partial charge in [0.15, 0.2) is 0 Å². The third-order valence-electron chi connectivity index (χ3n) is 5.29. The van der Waals surface area contributed by atoms with Gasteiger partial charge in [-0.15, -0.1) is 0 Å². The third kappa shape index (κ3) is 3.67. The van der Waals surface area contributed by atoms with Gasteiger partial charge in [-0.05, 0) is 62.1 Å². The van der Waals surface area contributed by atoms with Crippen LogP contribution in [-0.2, 0) is 6.42 Å². The first-order valence-electron chi connectivity index (χ1n) is 9.39. The summed E-state index contributed by atoms with van der Waals surface area (Å²) >= 11 is 6.08. The molecule has 2 heterocycles. The van der Waals surface area contributed by atoms with Crippen molar-refractivity contribution in [3.63, 3.8) is 0 Å². The van der Waals surface area contributed by atoms with Crippen molar-refractivity contribution >= 4 is 17.5 Å². The number of rotatable bonds is 4. The van der Waals surface area contributed by atoms with E-state index in [2.05, 4.69) is 5.10 Å². The highest BCUT2D eigenvalue weighted by molar-refractivity contribution is 6.30. The number of hydrogen-bond acceptors (Lipinski definition) is 2. The van der Waals surface area contributed by atoms with Crippen LogP contribution in [0.15, 0.2) is 54.7 Å². The first-order valence-corrected chi connectivity index (χ1v) is 9.76. The lowest BCUT2D eigenvalue weighted by Gasteiger charge is -2.25. The van der Waals surface area contributed by atoms with Gasteiger partial charge in [-0.1, -0.05) is 29.8 Å². The van der Waals surface area contributed by atoms with Crippen LogP contribution in [0.2, 0.25) is 5.02 Å². The molecule has 0 saturated carbocycles. The highest BCUT2D eigenvalue weighted by Gasteiger charge is 2.31. The smallest absolute Gasteiger partial charge is 0.257 e. The second-order valence-corrected chi connectivity index (χ2v) is 7.60. The van der Waals surface area contributed by atoms with E-state index in [0.717, 1.165) is 29.8 Å². The molecule has 2 aromatic carbocycles. The van der Waals surface area contributed by atoms with Gasteiger partial charge in [0.1, 0.15) is 5.82 Å². The molecule has 0 radical (unpaired) electrons. The number of benzene rings is 2. The fraction of sp³-hybridized carbons (Fsp3) is 0.273. The highest BCUT2D eigenvalue weighted by atomic mass is 35.5. The van der Waals surface area contributed by atoms with Crippen LogP contribution >= 0.6 is 11.6 Å². The Morgan fingerprint density at radius 1 is 1.25 bits per heavy atom. The standard InChI is InChI=1S/C22H21ClFN3O/c1-15-21(14-25-27(15)20-8-3-6-17(23)13-20)22(28)26-10-4-9-19(26)12-16-5-2-7-18(24)11-16/h2-3,5-8,11,13-14,19H,4,9-10,12H2,1H3. The highest BCUT2D eigenvalue weighted by Crippen LogP contribution is 2.25. The topological polar surface area (TPSA) is 38.1 Å². The van der Waals surface area contributed by atoms with Crippen molar-refractivity contribution in [2.75, 3.05) is 6.54 Å². The quantitative estimate of drug-likeness (QED) is 0.633. The molecule has 1 saturated heterocycles. The van der Waals surface area contributed by atoms with E-state index < -0.39 is 0 Å². The molecule has 6 heteroatoms. The summed E-state index contributed by atoms with van der Waals surface area (Å²) in [5, 5.41) is 5.02. The summed E-state index contributed by atoms with van der Waals surface area (Å²) in [7, 11) is 0. The van der Waals surface area contributed by atoms with Crippen molar-refractivity contribution in [2.45, 2.75) is 32.2 Å². The number of halogens is 2. The Morgan fingerprint density at radius 3 is 2.86 bits per heavy atom. The molecule has 0 aliphatic carbocycles. The van der Waals surface area contributed by atoms with E-state index in [9.17, 15) is 9.18 Å². The Bertz CT molecular complexity index is 1020. The van der Waals surface area contributed by atoms with Gasteiger partial charge in [-0.25, -0.2) is 9.07 Å². The molecule has 144 valence electrons. The maximum Gasteiger partial charge on any atom is 0.257 e. The van der Waals surface area contributed by atoms with E-state index in [4.69, 9.17) is 11.6 Å². The van der Waals surface area contributed by atoms with Crippen LogP contribution in [0.1, 0.15) is 34.5 Å². The molecule has 0 N–H and O–H groups in total. The molecule has 1 unspecified atom stereocenters. The molecule has 28 heavy (non-hydrogen) atoms. The monoisotopic (exact) mass is 397 g/mol. The summed E-state index contributed by atoms with van der Waals surface area (Å²) in [6.45, 7) is 2.60. The van der Waals surface area contributed by atoms with Crippen molar-refractivity contribution in [3.05, 3.63) is 82.4 Å². The summed E-state index contributed by atoms with van der Waals surface area (Å²) in [6.07, 6.45) is 4.15. The normalized spacial score (nSPS) is 16.5. The number of nitrogens with zero attached hydrogens (tertiary/aromatic N) is 3. The maximum absolute atomic E-state index is 13.5. The van der Waals surface area contributed by atoms with Crippen LogP contribution < -0.4 is 0 Å². The van der Waals surface area contributed by atoms with Crippen molar-refractivity contribution in [1.82, 2.24) is 14.7 Å². The second-order valence-electron chi connectivity index (χ2n) is 7.16. The minimum atomic E-state index is -0.244. The SMILES string of the molecule is Cc1c(C(=O)N2CCCC2Cc2cccc(F)c2)cnn1-c1cccc(Cl)c1. The molecule has 4 rings (SSSR count). The third-order valence-corrected chi connectivity index (χ3v) is 5.53. The van der Waals surface area contributed by atoms with Crippen LogP contribution in [0.25, 0.3) is 5.69 Å². The van der Waals surface area contributed by atoms with Crippen LogP contribution in [0, 0.1) is 12.7 Å². The number of hydrogen-bond donors (Lipinski definition) is 0. The van der Waals surface area contributed by atoms with Crippen LogP contribution in [0.4, 0.5) is 4.39 Å². The molecule has 1 atom stereocenters. The Kier molecular flexibility index (Phi) is 5.18. The van der Waals surface area contributed by atoms with Gasteiger partial charge in [-0.2, -0.15) is 5.10 Å². The zero-order valence-corrected chi connectivity index (χ0v) is 16.4. The molecule has 1 aromatic heterocycles. The average Bonchev–Trinajstić information content (AvgIpc) is 3.28. The zero-order valence-electron chi connectivity index (χ0n) is 15.6. The molecule has 0 bridgehead atoms. The molecular weight excluding hydrogens is 377 g/mol. The molecule has 1 aliphatic rings. The van der Waals surface area contributed by atoms with E-state index in [1.807, 2.05) is 36.1 Å². The first-order chi connectivity index (χ1) is 13.5. The largest absolute Gasteiger partial charge is 0.335 e. The number of amides is 1. The molecule has 0 spiro atoms. The van der Waals surface area contributed by atoms with E-state index in [-0.39, 0.29) is 17.8 Å². The fourth-order valence-electron chi connectivity index (χ4n) is 3.89.